The first-order valence-electron chi connectivity index (χ1n) is 4.90. The third kappa shape index (κ3) is 3.77. The average molecular weight is 279 g/mol. The first-order valence-corrected chi connectivity index (χ1v) is 7.26. The van der Waals surface area contributed by atoms with E-state index in [2.05, 4.69) is 4.72 Å². The lowest BCUT2D eigenvalue weighted by Gasteiger charge is -2.05. The number of aromatic carboxylic acids is 1. The number of hydrogen-bond acceptors (Lipinski definition) is 5. The summed E-state index contributed by atoms with van der Waals surface area (Å²) in [6.07, 6.45) is 1.00. The van der Waals surface area contributed by atoms with Crippen molar-refractivity contribution in [1.82, 2.24) is 4.72 Å². The van der Waals surface area contributed by atoms with Gasteiger partial charge in [0.1, 0.15) is 9.77 Å². The van der Waals surface area contributed by atoms with E-state index >= 15 is 0 Å². The van der Waals surface area contributed by atoms with E-state index in [1.807, 2.05) is 0 Å². The van der Waals surface area contributed by atoms with E-state index in [4.69, 9.17) is 10.2 Å². The van der Waals surface area contributed by atoms with Gasteiger partial charge in [0.25, 0.3) is 0 Å². The highest BCUT2D eigenvalue weighted by Crippen LogP contribution is 2.21. The summed E-state index contributed by atoms with van der Waals surface area (Å²) in [4.78, 5) is 10.4. The highest BCUT2D eigenvalue weighted by Gasteiger charge is 2.22. The van der Waals surface area contributed by atoms with E-state index in [0.29, 0.717) is 12.8 Å². The summed E-state index contributed by atoms with van der Waals surface area (Å²) in [5, 5.41) is 18.8. The number of carboxylic acids is 1. The molecule has 6 nitrogen and oxygen atoms in total. The molecule has 0 unspecified atom stereocenters. The van der Waals surface area contributed by atoms with Crippen molar-refractivity contribution in [2.24, 2.45) is 0 Å². The number of sulfonamides is 1. The Morgan fingerprint density at radius 2 is 2.12 bits per heavy atom. The van der Waals surface area contributed by atoms with Gasteiger partial charge >= 0.3 is 5.97 Å². The van der Waals surface area contributed by atoms with Gasteiger partial charge in [-0.05, 0) is 24.3 Å². The fourth-order valence-corrected chi connectivity index (χ4v) is 3.52. The van der Waals surface area contributed by atoms with Gasteiger partial charge < -0.3 is 10.2 Å². The second-order valence-corrected chi connectivity index (χ2v) is 5.90. The van der Waals surface area contributed by atoms with Crippen molar-refractivity contribution in [3.05, 3.63) is 16.3 Å². The molecule has 0 aromatic carbocycles. The topological polar surface area (TPSA) is 104 Å². The summed E-state index contributed by atoms with van der Waals surface area (Å²) in [5.41, 5.74) is 0. The van der Waals surface area contributed by atoms with Gasteiger partial charge in [0.15, 0.2) is 0 Å². The van der Waals surface area contributed by atoms with E-state index in [1.54, 1.807) is 0 Å². The van der Waals surface area contributed by atoms with Crippen LogP contribution in [0, 0.1) is 0 Å². The van der Waals surface area contributed by atoms with Gasteiger partial charge in [-0.3, -0.25) is 0 Å². The van der Waals surface area contributed by atoms with Gasteiger partial charge in [-0.25, -0.2) is 17.9 Å². The van der Waals surface area contributed by atoms with Crippen molar-refractivity contribution in [3.63, 3.8) is 0 Å². The van der Waals surface area contributed by atoms with E-state index in [9.17, 15) is 13.2 Å². The summed E-state index contributed by atoms with van der Waals surface area (Å²) in [5.74, 6) is -1.25. The van der Waals surface area contributed by atoms with Gasteiger partial charge in [-0.2, -0.15) is 0 Å². The maximum atomic E-state index is 11.8. The van der Waals surface area contributed by atoms with Gasteiger partial charge in [0, 0.05) is 13.2 Å². The Kier molecular flexibility index (Phi) is 5.06. The lowest BCUT2D eigenvalue weighted by atomic mass is 10.3. The lowest BCUT2D eigenvalue weighted by Crippen LogP contribution is -2.25. The molecule has 0 aliphatic heterocycles. The smallest absolute Gasteiger partial charge is 0.347 e. The summed E-state index contributed by atoms with van der Waals surface area (Å²) in [6, 6.07) is 1.27. The number of aliphatic hydroxyl groups is 1. The number of hydrogen-bond donors (Lipinski definition) is 3. The molecule has 1 aromatic heterocycles. The minimum absolute atomic E-state index is 0.000550. The largest absolute Gasteiger partial charge is 0.477 e. The highest BCUT2D eigenvalue weighted by atomic mass is 32.2. The Bertz CT molecular complexity index is 479. The van der Waals surface area contributed by atoms with Crippen LogP contribution in [0.2, 0.25) is 0 Å². The highest BCUT2D eigenvalue weighted by molar-refractivity contribution is 7.89. The van der Waals surface area contributed by atoms with Crippen LogP contribution >= 0.6 is 11.3 Å². The molecule has 0 atom stereocenters. The van der Waals surface area contributed by atoms with Crippen LogP contribution in [0.25, 0.3) is 0 Å². The zero-order valence-electron chi connectivity index (χ0n) is 8.92. The van der Waals surface area contributed by atoms with Crippen LogP contribution in [-0.2, 0) is 10.0 Å². The third-order valence-electron chi connectivity index (χ3n) is 1.99. The van der Waals surface area contributed by atoms with Crippen molar-refractivity contribution in [1.29, 1.82) is 0 Å². The molecule has 0 amide bonds. The number of rotatable bonds is 7. The fourth-order valence-electron chi connectivity index (χ4n) is 1.19. The Labute approximate surface area is 103 Å². The van der Waals surface area contributed by atoms with Gasteiger partial charge in [0.2, 0.25) is 10.0 Å². The predicted octanol–water partition coefficient (Wildman–Crippen LogP) is 0.497. The van der Waals surface area contributed by atoms with Crippen LogP contribution in [0.3, 0.4) is 0 Å². The molecule has 1 rings (SSSR count). The fraction of sp³-hybridized carbons (Fsp3) is 0.444. The minimum Gasteiger partial charge on any atom is -0.477 e. The Hall–Kier alpha value is -0.960. The molecule has 0 bridgehead atoms. The molecule has 0 fully saturated rings. The van der Waals surface area contributed by atoms with Crippen LogP contribution in [0.15, 0.2) is 16.3 Å². The van der Waals surface area contributed by atoms with Gasteiger partial charge in [-0.15, -0.1) is 11.3 Å². The molecule has 0 aliphatic rings. The SMILES string of the molecule is O=C(O)c1sccc1S(=O)(=O)NCCCCO. The molecule has 96 valence electrons. The maximum Gasteiger partial charge on any atom is 0.347 e. The van der Waals surface area contributed by atoms with E-state index in [1.165, 1.54) is 11.4 Å². The predicted molar refractivity (Wildman–Crippen MR) is 62.8 cm³/mol. The van der Waals surface area contributed by atoms with Crippen molar-refractivity contribution in [2.75, 3.05) is 13.2 Å². The van der Waals surface area contributed by atoms with Crippen LogP contribution in [-0.4, -0.2) is 37.8 Å². The molecule has 8 heteroatoms. The number of nitrogens with one attached hydrogen (secondary N) is 1. The summed E-state index contributed by atoms with van der Waals surface area (Å²) >= 11 is 0.870. The van der Waals surface area contributed by atoms with E-state index in [-0.39, 0.29) is 22.9 Å². The summed E-state index contributed by atoms with van der Waals surface area (Å²) in [6.45, 7) is 0.179. The molecular weight excluding hydrogens is 266 g/mol. The molecule has 3 N–H and O–H groups in total. The van der Waals surface area contributed by atoms with Crippen LogP contribution < -0.4 is 4.72 Å². The summed E-state index contributed by atoms with van der Waals surface area (Å²) < 4.78 is 25.8. The van der Waals surface area contributed by atoms with E-state index < -0.39 is 16.0 Å². The second kappa shape index (κ2) is 6.10. The first kappa shape index (κ1) is 14.1. The molecule has 17 heavy (non-hydrogen) atoms. The summed E-state index contributed by atoms with van der Waals surface area (Å²) in [7, 11) is -3.78. The van der Waals surface area contributed by atoms with Crippen LogP contribution in [0.5, 0.6) is 0 Å². The Morgan fingerprint density at radius 1 is 1.41 bits per heavy atom. The standard InChI is InChI=1S/C9H13NO5S2/c11-5-2-1-4-10-17(14,15)7-3-6-16-8(7)9(12)13/h3,6,10-11H,1-2,4-5H2,(H,12,13). The molecule has 1 heterocycles. The normalized spacial score (nSPS) is 11.6. The molecule has 1 aromatic rings. The Morgan fingerprint density at radius 3 is 2.71 bits per heavy atom. The zero-order valence-corrected chi connectivity index (χ0v) is 10.6. The van der Waals surface area contributed by atoms with Gasteiger partial charge in [0.05, 0.1) is 0 Å². The molecule has 0 saturated carbocycles. The average Bonchev–Trinajstić information content (AvgIpc) is 2.74. The number of aliphatic hydroxyl groups excluding tert-OH is 1. The van der Waals surface area contributed by atoms with Crippen LogP contribution in [0.4, 0.5) is 0 Å². The van der Waals surface area contributed by atoms with Crippen LogP contribution in [0.1, 0.15) is 22.5 Å². The molecule has 0 aliphatic carbocycles. The third-order valence-corrected chi connectivity index (χ3v) is 4.52. The van der Waals surface area contributed by atoms with Crippen molar-refractivity contribution < 1.29 is 23.4 Å². The molecule has 0 saturated heterocycles. The van der Waals surface area contributed by atoms with Crippen molar-refractivity contribution >= 4 is 27.3 Å². The molecular formula is C9H13NO5S2. The monoisotopic (exact) mass is 279 g/mol. The Balaban J connectivity index is 2.76. The maximum absolute atomic E-state index is 11.8. The number of carboxylic acid groups (broad SMARTS) is 1. The lowest BCUT2D eigenvalue weighted by molar-refractivity contribution is 0.0698. The van der Waals surface area contributed by atoms with Crippen molar-refractivity contribution in [2.45, 2.75) is 17.7 Å². The molecule has 0 radical (unpaired) electrons. The van der Waals surface area contributed by atoms with E-state index in [0.717, 1.165) is 11.3 Å². The van der Waals surface area contributed by atoms with Crippen molar-refractivity contribution in [3.8, 4) is 0 Å². The van der Waals surface area contributed by atoms with Gasteiger partial charge in [-0.1, -0.05) is 0 Å². The quantitative estimate of drug-likeness (QED) is 0.630. The second-order valence-electron chi connectivity index (χ2n) is 3.25. The number of thiophene rings is 1. The molecule has 0 spiro atoms. The zero-order chi connectivity index (χ0) is 12.9. The number of unbranched alkanes of at least 4 members (excludes halogenated alkanes) is 1. The first-order chi connectivity index (χ1) is 7.99. The number of carbonyl (C=O) groups is 1. The minimum atomic E-state index is -3.78.